The summed E-state index contributed by atoms with van der Waals surface area (Å²) in [6, 6.07) is 7.93. The third-order valence-corrected chi connectivity index (χ3v) is 3.91. The Balaban J connectivity index is 1.66. The number of para-hydroxylation sites is 1. The van der Waals surface area contributed by atoms with Crippen molar-refractivity contribution in [2.24, 2.45) is 0 Å². The average molecular weight is 314 g/mol. The van der Waals surface area contributed by atoms with Crippen LogP contribution in [0.1, 0.15) is 19.4 Å². The van der Waals surface area contributed by atoms with E-state index < -0.39 is 0 Å². The van der Waals surface area contributed by atoms with Crippen molar-refractivity contribution in [1.29, 1.82) is 0 Å². The fraction of sp³-hybridized carbons (Fsp3) is 0.412. The van der Waals surface area contributed by atoms with Gasteiger partial charge in [0.1, 0.15) is 0 Å². The standard InChI is InChI=1S/C17H22N4O2/c1-13-10-21(11-14(2)23-13)17(22)19-9-15-5-3-4-6-16(15)20-8-7-18-12-20/h3-8,12-14H,9-11H2,1-2H3,(H,19,22). The van der Waals surface area contributed by atoms with Gasteiger partial charge in [0.2, 0.25) is 0 Å². The number of carbonyl (C=O) groups is 1. The van der Waals surface area contributed by atoms with Gasteiger partial charge in [-0.1, -0.05) is 18.2 Å². The molecule has 23 heavy (non-hydrogen) atoms. The Morgan fingerprint density at radius 2 is 2.04 bits per heavy atom. The molecule has 1 aromatic heterocycles. The van der Waals surface area contributed by atoms with E-state index in [2.05, 4.69) is 10.3 Å². The lowest BCUT2D eigenvalue weighted by atomic mass is 10.1. The van der Waals surface area contributed by atoms with Crippen LogP contribution in [-0.4, -0.2) is 45.8 Å². The van der Waals surface area contributed by atoms with Crippen LogP contribution < -0.4 is 5.32 Å². The molecule has 0 saturated carbocycles. The molecular formula is C17H22N4O2. The first-order valence-electron chi connectivity index (χ1n) is 7.88. The maximum Gasteiger partial charge on any atom is 0.317 e. The Morgan fingerprint density at radius 3 is 2.74 bits per heavy atom. The molecule has 2 atom stereocenters. The summed E-state index contributed by atoms with van der Waals surface area (Å²) in [4.78, 5) is 18.3. The molecule has 6 nitrogen and oxygen atoms in total. The van der Waals surface area contributed by atoms with Gasteiger partial charge < -0.3 is 19.5 Å². The van der Waals surface area contributed by atoms with E-state index >= 15 is 0 Å². The van der Waals surface area contributed by atoms with E-state index in [0.29, 0.717) is 19.6 Å². The number of nitrogens with one attached hydrogen (secondary N) is 1. The molecule has 1 aliphatic rings. The lowest BCUT2D eigenvalue weighted by Gasteiger charge is -2.35. The zero-order valence-corrected chi connectivity index (χ0v) is 13.5. The van der Waals surface area contributed by atoms with Gasteiger partial charge >= 0.3 is 6.03 Å². The summed E-state index contributed by atoms with van der Waals surface area (Å²) in [6.45, 7) is 5.71. The Morgan fingerprint density at radius 1 is 1.30 bits per heavy atom. The number of hydrogen-bond donors (Lipinski definition) is 1. The van der Waals surface area contributed by atoms with E-state index in [1.165, 1.54) is 0 Å². The topological polar surface area (TPSA) is 59.4 Å². The van der Waals surface area contributed by atoms with Crippen LogP contribution in [-0.2, 0) is 11.3 Å². The molecule has 2 unspecified atom stereocenters. The van der Waals surface area contributed by atoms with E-state index in [1.54, 1.807) is 12.5 Å². The number of benzene rings is 1. The Kier molecular flexibility index (Phi) is 4.62. The van der Waals surface area contributed by atoms with Crippen molar-refractivity contribution in [3.63, 3.8) is 0 Å². The van der Waals surface area contributed by atoms with Crippen molar-refractivity contribution in [3.05, 3.63) is 48.5 Å². The van der Waals surface area contributed by atoms with Gasteiger partial charge in [0, 0.05) is 32.0 Å². The molecule has 2 heterocycles. The maximum absolute atomic E-state index is 12.4. The molecule has 122 valence electrons. The number of hydrogen-bond acceptors (Lipinski definition) is 3. The van der Waals surface area contributed by atoms with E-state index in [-0.39, 0.29) is 18.2 Å². The number of rotatable bonds is 3. The van der Waals surface area contributed by atoms with Crippen molar-refractivity contribution in [2.75, 3.05) is 13.1 Å². The lowest BCUT2D eigenvalue weighted by molar-refractivity contribution is -0.0545. The lowest BCUT2D eigenvalue weighted by Crippen LogP contribution is -2.51. The highest BCUT2D eigenvalue weighted by Crippen LogP contribution is 2.15. The first kappa shape index (κ1) is 15.6. The summed E-state index contributed by atoms with van der Waals surface area (Å²) in [6.07, 6.45) is 5.54. The number of imidazole rings is 1. The molecule has 1 N–H and O–H groups in total. The summed E-state index contributed by atoms with van der Waals surface area (Å²) in [7, 11) is 0. The Bertz CT molecular complexity index is 646. The van der Waals surface area contributed by atoms with Crippen LogP contribution in [0.4, 0.5) is 4.79 Å². The van der Waals surface area contributed by atoms with Crippen LogP contribution in [0.2, 0.25) is 0 Å². The van der Waals surface area contributed by atoms with Crippen LogP contribution in [0.3, 0.4) is 0 Å². The van der Waals surface area contributed by atoms with E-state index in [4.69, 9.17) is 4.74 Å². The van der Waals surface area contributed by atoms with E-state index in [0.717, 1.165) is 11.3 Å². The molecule has 0 radical (unpaired) electrons. The van der Waals surface area contributed by atoms with Crippen molar-refractivity contribution < 1.29 is 9.53 Å². The monoisotopic (exact) mass is 314 g/mol. The molecule has 2 amide bonds. The van der Waals surface area contributed by atoms with Gasteiger partial charge in [-0.15, -0.1) is 0 Å². The summed E-state index contributed by atoms with van der Waals surface area (Å²) in [5, 5.41) is 3.01. The molecule has 1 aliphatic heterocycles. The third kappa shape index (κ3) is 3.71. The highest BCUT2D eigenvalue weighted by Gasteiger charge is 2.25. The van der Waals surface area contributed by atoms with Gasteiger partial charge in [0.25, 0.3) is 0 Å². The summed E-state index contributed by atoms with van der Waals surface area (Å²) >= 11 is 0. The van der Waals surface area contributed by atoms with Crippen LogP contribution in [0, 0.1) is 0 Å². The smallest absolute Gasteiger partial charge is 0.317 e. The maximum atomic E-state index is 12.4. The van der Waals surface area contributed by atoms with Crippen LogP contribution >= 0.6 is 0 Å². The van der Waals surface area contributed by atoms with Gasteiger partial charge in [-0.05, 0) is 25.5 Å². The highest BCUT2D eigenvalue weighted by atomic mass is 16.5. The minimum absolute atomic E-state index is 0.0487. The molecule has 2 aromatic rings. The van der Waals surface area contributed by atoms with Crippen LogP contribution in [0.5, 0.6) is 0 Å². The normalized spacial score (nSPS) is 21.2. The predicted molar refractivity (Wildman–Crippen MR) is 87.4 cm³/mol. The molecule has 6 heteroatoms. The van der Waals surface area contributed by atoms with Crippen molar-refractivity contribution >= 4 is 6.03 Å². The first-order valence-corrected chi connectivity index (χ1v) is 7.88. The SMILES string of the molecule is CC1CN(C(=O)NCc2ccccc2-n2ccnc2)CC(C)O1. The summed E-state index contributed by atoms with van der Waals surface area (Å²) < 4.78 is 7.61. The number of carbonyl (C=O) groups excluding carboxylic acids is 1. The van der Waals surface area contributed by atoms with Gasteiger partial charge in [0.05, 0.1) is 24.2 Å². The molecular weight excluding hydrogens is 292 g/mol. The zero-order valence-electron chi connectivity index (χ0n) is 13.5. The van der Waals surface area contributed by atoms with E-state index in [9.17, 15) is 4.79 Å². The Hall–Kier alpha value is -2.34. The zero-order chi connectivity index (χ0) is 16.2. The first-order chi connectivity index (χ1) is 11.1. The quantitative estimate of drug-likeness (QED) is 0.945. The molecule has 0 spiro atoms. The van der Waals surface area contributed by atoms with Gasteiger partial charge in [0.15, 0.2) is 0 Å². The number of nitrogens with zero attached hydrogens (tertiary/aromatic N) is 3. The molecule has 0 bridgehead atoms. The second-order valence-corrected chi connectivity index (χ2v) is 5.92. The van der Waals surface area contributed by atoms with Crippen molar-refractivity contribution in [1.82, 2.24) is 19.8 Å². The fourth-order valence-electron chi connectivity index (χ4n) is 2.94. The van der Waals surface area contributed by atoms with Crippen molar-refractivity contribution in [3.8, 4) is 5.69 Å². The molecule has 1 fully saturated rings. The predicted octanol–water partition coefficient (Wildman–Crippen LogP) is 2.19. The molecule has 0 aliphatic carbocycles. The molecule has 3 rings (SSSR count). The van der Waals surface area contributed by atoms with Crippen LogP contribution in [0.15, 0.2) is 43.0 Å². The summed E-state index contributed by atoms with van der Waals surface area (Å²) in [5.41, 5.74) is 2.07. The van der Waals surface area contributed by atoms with Crippen molar-refractivity contribution in [2.45, 2.75) is 32.6 Å². The minimum Gasteiger partial charge on any atom is -0.372 e. The molecule has 1 aromatic carbocycles. The average Bonchev–Trinajstić information content (AvgIpc) is 3.06. The van der Waals surface area contributed by atoms with Crippen LogP contribution in [0.25, 0.3) is 5.69 Å². The fourth-order valence-corrected chi connectivity index (χ4v) is 2.94. The highest BCUT2D eigenvalue weighted by molar-refractivity contribution is 5.74. The number of amides is 2. The minimum atomic E-state index is -0.0487. The van der Waals surface area contributed by atoms with E-state index in [1.807, 2.05) is 53.8 Å². The van der Waals surface area contributed by atoms with Gasteiger partial charge in [-0.25, -0.2) is 9.78 Å². The molecule has 1 saturated heterocycles. The number of aromatic nitrogens is 2. The second-order valence-electron chi connectivity index (χ2n) is 5.92. The Labute approximate surface area is 136 Å². The summed E-state index contributed by atoms with van der Waals surface area (Å²) in [5.74, 6) is 0. The number of urea groups is 1. The van der Waals surface area contributed by atoms with Gasteiger partial charge in [-0.3, -0.25) is 0 Å². The largest absolute Gasteiger partial charge is 0.372 e. The second kappa shape index (κ2) is 6.83. The van der Waals surface area contributed by atoms with Gasteiger partial charge in [-0.2, -0.15) is 0 Å². The number of ether oxygens (including phenoxy) is 1. The third-order valence-electron chi connectivity index (χ3n) is 3.91. The number of morpholine rings is 1.